The van der Waals surface area contributed by atoms with Crippen LogP contribution in [0.2, 0.25) is 0 Å². The maximum Gasteiger partial charge on any atom is 0.221 e. The Morgan fingerprint density at radius 2 is 2.14 bits per heavy atom. The highest BCUT2D eigenvalue weighted by atomic mass is 16.3. The van der Waals surface area contributed by atoms with Gasteiger partial charge >= 0.3 is 0 Å². The van der Waals surface area contributed by atoms with Crippen molar-refractivity contribution in [2.75, 3.05) is 19.6 Å². The summed E-state index contributed by atoms with van der Waals surface area (Å²) in [5.41, 5.74) is 5.95. The molecule has 2 atom stereocenters. The predicted molar refractivity (Wildman–Crippen MR) is 82.7 cm³/mol. The van der Waals surface area contributed by atoms with Crippen molar-refractivity contribution in [3.8, 4) is 0 Å². The first-order valence-corrected chi connectivity index (χ1v) is 7.87. The van der Waals surface area contributed by atoms with Crippen LogP contribution < -0.4 is 11.1 Å². The van der Waals surface area contributed by atoms with E-state index in [1.807, 2.05) is 26.0 Å². The topological polar surface area (TPSA) is 71.5 Å². The molecule has 5 nitrogen and oxygen atoms in total. The van der Waals surface area contributed by atoms with E-state index < -0.39 is 0 Å². The van der Waals surface area contributed by atoms with Gasteiger partial charge in [0.15, 0.2) is 0 Å². The molecule has 2 heterocycles. The van der Waals surface area contributed by atoms with Gasteiger partial charge in [-0.25, -0.2) is 0 Å². The number of hydrogen-bond acceptors (Lipinski definition) is 4. The zero-order chi connectivity index (χ0) is 15.2. The lowest BCUT2D eigenvalue weighted by molar-refractivity contribution is -0.121. The maximum absolute atomic E-state index is 12.0. The molecule has 3 N–H and O–H groups in total. The summed E-state index contributed by atoms with van der Waals surface area (Å²) >= 11 is 0. The van der Waals surface area contributed by atoms with Crippen LogP contribution in [0.5, 0.6) is 0 Å². The van der Waals surface area contributed by atoms with Gasteiger partial charge in [0.2, 0.25) is 5.91 Å². The number of amides is 1. The second-order valence-corrected chi connectivity index (χ2v) is 6.19. The van der Waals surface area contributed by atoms with Crippen LogP contribution in [0.4, 0.5) is 0 Å². The van der Waals surface area contributed by atoms with E-state index in [1.54, 1.807) is 6.26 Å². The van der Waals surface area contributed by atoms with Crippen LogP contribution in [0, 0.1) is 5.92 Å². The van der Waals surface area contributed by atoms with Crippen LogP contribution in [-0.4, -0.2) is 36.5 Å². The first-order valence-electron chi connectivity index (χ1n) is 7.87. The molecule has 0 bridgehead atoms. The molecule has 1 aliphatic heterocycles. The molecule has 0 spiro atoms. The van der Waals surface area contributed by atoms with E-state index in [-0.39, 0.29) is 18.0 Å². The van der Waals surface area contributed by atoms with E-state index in [4.69, 9.17) is 10.2 Å². The molecule has 0 saturated carbocycles. The standard InChI is InChI=1S/C16H27N3O2/c1-12(2)13(17)10-16(20)18-11-14(15-6-5-9-21-15)19-7-3-4-8-19/h5-6,9,12-14H,3-4,7-8,10-11,17H2,1-2H3,(H,18,20). The smallest absolute Gasteiger partial charge is 0.221 e. The normalized spacial score (nSPS) is 18.9. The lowest BCUT2D eigenvalue weighted by atomic mass is 10.0. The van der Waals surface area contributed by atoms with Gasteiger partial charge in [0.25, 0.3) is 0 Å². The molecule has 1 saturated heterocycles. The second-order valence-electron chi connectivity index (χ2n) is 6.19. The van der Waals surface area contributed by atoms with Crippen molar-refractivity contribution in [2.45, 2.75) is 45.2 Å². The summed E-state index contributed by atoms with van der Waals surface area (Å²) in [6.07, 6.45) is 4.49. The Balaban J connectivity index is 1.89. The van der Waals surface area contributed by atoms with Crippen molar-refractivity contribution >= 4 is 5.91 Å². The first kappa shape index (κ1) is 16.0. The summed E-state index contributed by atoms with van der Waals surface area (Å²) in [5.74, 6) is 1.26. The molecule has 21 heavy (non-hydrogen) atoms. The Morgan fingerprint density at radius 1 is 1.43 bits per heavy atom. The van der Waals surface area contributed by atoms with Gasteiger partial charge in [-0.15, -0.1) is 0 Å². The largest absolute Gasteiger partial charge is 0.468 e. The number of rotatable bonds is 7. The van der Waals surface area contributed by atoms with Crippen molar-refractivity contribution in [1.29, 1.82) is 0 Å². The summed E-state index contributed by atoms with van der Waals surface area (Å²) in [6.45, 7) is 6.78. The SMILES string of the molecule is CC(C)C(N)CC(=O)NCC(c1ccco1)N1CCCC1. The van der Waals surface area contributed by atoms with E-state index >= 15 is 0 Å². The van der Waals surface area contributed by atoms with Crippen molar-refractivity contribution in [3.05, 3.63) is 24.2 Å². The molecule has 1 aliphatic rings. The van der Waals surface area contributed by atoms with Crippen LogP contribution in [0.1, 0.15) is 44.9 Å². The number of carbonyl (C=O) groups excluding carboxylic acids is 1. The minimum atomic E-state index is -0.0844. The average molecular weight is 293 g/mol. The molecule has 1 fully saturated rings. The summed E-state index contributed by atoms with van der Waals surface area (Å²) in [6, 6.07) is 3.92. The predicted octanol–water partition coefficient (Wildman–Crippen LogP) is 1.91. The third-order valence-electron chi connectivity index (χ3n) is 4.22. The number of nitrogens with two attached hydrogens (primary N) is 1. The molecule has 2 unspecified atom stereocenters. The summed E-state index contributed by atoms with van der Waals surface area (Å²) in [5, 5.41) is 3.01. The number of hydrogen-bond donors (Lipinski definition) is 2. The highest BCUT2D eigenvalue weighted by Crippen LogP contribution is 2.24. The number of nitrogens with one attached hydrogen (secondary N) is 1. The molecular formula is C16H27N3O2. The number of furan rings is 1. The van der Waals surface area contributed by atoms with E-state index in [0.29, 0.717) is 18.9 Å². The van der Waals surface area contributed by atoms with Crippen molar-refractivity contribution in [2.24, 2.45) is 11.7 Å². The average Bonchev–Trinajstić information content (AvgIpc) is 3.11. The summed E-state index contributed by atoms with van der Waals surface area (Å²) < 4.78 is 5.54. The third kappa shape index (κ3) is 4.58. The Morgan fingerprint density at radius 3 is 2.71 bits per heavy atom. The number of likely N-dealkylation sites (tertiary alicyclic amines) is 1. The van der Waals surface area contributed by atoms with Crippen LogP contribution in [0.25, 0.3) is 0 Å². The van der Waals surface area contributed by atoms with Gasteiger partial charge in [0.05, 0.1) is 12.3 Å². The molecular weight excluding hydrogens is 266 g/mol. The van der Waals surface area contributed by atoms with Crippen LogP contribution in [-0.2, 0) is 4.79 Å². The zero-order valence-electron chi connectivity index (χ0n) is 13.0. The molecule has 0 aromatic carbocycles. The molecule has 1 amide bonds. The monoisotopic (exact) mass is 293 g/mol. The van der Waals surface area contributed by atoms with Crippen molar-refractivity contribution in [3.63, 3.8) is 0 Å². The Hall–Kier alpha value is -1.33. The van der Waals surface area contributed by atoms with E-state index in [9.17, 15) is 4.79 Å². The van der Waals surface area contributed by atoms with Crippen molar-refractivity contribution < 1.29 is 9.21 Å². The fourth-order valence-electron chi connectivity index (χ4n) is 2.68. The van der Waals surface area contributed by atoms with Gasteiger partial charge in [0.1, 0.15) is 5.76 Å². The van der Waals surface area contributed by atoms with Crippen molar-refractivity contribution in [1.82, 2.24) is 10.2 Å². The highest BCUT2D eigenvalue weighted by molar-refractivity contribution is 5.76. The fraction of sp³-hybridized carbons (Fsp3) is 0.688. The van der Waals surface area contributed by atoms with Gasteiger partial charge < -0.3 is 15.5 Å². The zero-order valence-corrected chi connectivity index (χ0v) is 13.0. The minimum Gasteiger partial charge on any atom is -0.468 e. The molecule has 5 heteroatoms. The quantitative estimate of drug-likeness (QED) is 0.805. The van der Waals surface area contributed by atoms with E-state index in [0.717, 1.165) is 18.8 Å². The fourth-order valence-corrected chi connectivity index (χ4v) is 2.68. The second kappa shape index (κ2) is 7.61. The van der Waals surface area contributed by atoms with E-state index in [1.165, 1.54) is 12.8 Å². The van der Waals surface area contributed by atoms with Crippen LogP contribution >= 0.6 is 0 Å². The molecule has 2 rings (SSSR count). The Labute approximate surface area is 126 Å². The number of nitrogens with zero attached hydrogens (tertiary/aromatic N) is 1. The van der Waals surface area contributed by atoms with Gasteiger partial charge in [-0.3, -0.25) is 9.69 Å². The lowest BCUT2D eigenvalue weighted by Crippen LogP contribution is -2.39. The third-order valence-corrected chi connectivity index (χ3v) is 4.22. The molecule has 1 aromatic heterocycles. The molecule has 0 aliphatic carbocycles. The summed E-state index contributed by atoms with van der Waals surface area (Å²) in [7, 11) is 0. The lowest BCUT2D eigenvalue weighted by Gasteiger charge is -2.26. The first-order chi connectivity index (χ1) is 10.1. The van der Waals surface area contributed by atoms with E-state index in [2.05, 4.69) is 10.2 Å². The van der Waals surface area contributed by atoms with Gasteiger partial charge in [-0.05, 0) is 44.0 Å². The molecule has 0 radical (unpaired) electrons. The van der Waals surface area contributed by atoms with Gasteiger partial charge in [-0.2, -0.15) is 0 Å². The molecule has 1 aromatic rings. The van der Waals surface area contributed by atoms with Crippen LogP contribution in [0.3, 0.4) is 0 Å². The van der Waals surface area contributed by atoms with Gasteiger partial charge in [0, 0.05) is 19.0 Å². The minimum absolute atomic E-state index is 0.0203. The maximum atomic E-state index is 12.0. The highest BCUT2D eigenvalue weighted by Gasteiger charge is 2.26. The number of carbonyl (C=O) groups is 1. The Bertz CT molecular complexity index is 425. The Kier molecular flexibility index (Phi) is 5.82. The van der Waals surface area contributed by atoms with Crippen LogP contribution in [0.15, 0.2) is 22.8 Å². The summed E-state index contributed by atoms with van der Waals surface area (Å²) in [4.78, 5) is 14.4. The molecule has 118 valence electrons. The van der Waals surface area contributed by atoms with Gasteiger partial charge in [-0.1, -0.05) is 13.8 Å².